The molecule has 4 heterocycles. The van der Waals surface area contributed by atoms with Crippen LogP contribution in [-0.4, -0.2) is 52.2 Å². The van der Waals surface area contributed by atoms with Crippen LogP contribution in [-0.2, 0) is 0 Å². The van der Waals surface area contributed by atoms with Gasteiger partial charge in [-0.05, 0) is 43.7 Å². The molecule has 4 rings (SSSR count). The van der Waals surface area contributed by atoms with Gasteiger partial charge in [-0.15, -0.1) is 11.3 Å². The van der Waals surface area contributed by atoms with Gasteiger partial charge in [-0.3, -0.25) is 9.89 Å². The van der Waals surface area contributed by atoms with Crippen LogP contribution in [0.15, 0.2) is 36.5 Å². The lowest BCUT2D eigenvalue weighted by atomic mass is 10.2. The highest BCUT2D eigenvalue weighted by atomic mass is 32.1. The molecule has 3 aromatic rings. The molecule has 0 unspecified atom stereocenters. The number of carbonyl (C=O) groups excluding carboxylic acids is 1. The van der Waals surface area contributed by atoms with E-state index in [1.54, 1.807) is 11.3 Å². The Morgan fingerprint density at radius 2 is 1.96 bits per heavy atom. The minimum absolute atomic E-state index is 0.0156. The first-order chi connectivity index (χ1) is 12.6. The molecule has 134 valence electrons. The van der Waals surface area contributed by atoms with Crippen molar-refractivity contribution in [3.63, 3.8) is 0 Å². The van der Waals surface area contributed by atoms with Crippen LogP contribution in [0.4, 0.5) is 5.82 Å². The molecule has 0 aromatic carbocycles. The number of anilines is 1. The fourth-order valence-electron chi connectivity index (χ4n) is 3.23. The quantitative estimate of drug-likeness (QED) is 0.772. The van der Waals surface area contributed by atoms with Gasteiger partial charge in [0, 0.05) is 37.3 Å². The topological polar surface area (TPSA) is 65.1 Å². The van der Waals surface area contributed by atoms with Crippen LogP contribution >= 0.6 is 11.3 Å². The third-order valence-corrected chi connectivity index (χ3v) is 5.69. The van der Waals surface area contributed by atoms with Gasteiger partial charge in [-0.1, -0.05) is 6.07 Å². The first-order valence-electron chi connectivity index (χ1n) is 8.70. The van der Waals surface area contributed by atoms with Gasteiger partial charge in [-0.2, -0.15) is 5.10 Å². The van der Waals surface area contributed by atoms with Crippen molar-refractivity contribution in [2.75, 3.05) is 31.1 Å². The molecular formula is C19H21N5OS. The smallest absolute Gasteiger partial charge is 0.274 e. The Balaban J connectivity index is 1.42. The van der Waals surface area contributed by atoms with Crippen LogP contribution in [0.1, 0.15) is 20.9 Å². The summed E-state index contributed by atoms with van der Waals surface area (Å²) in [5.41, 5.74) is 2.54. The number of amides is 1. The zero-order chi connectivity index (χ0) is 18.1. The number of aromatic nitrogens is 3. The molecule has 0 bridgehead atoms. The molecule has 1 N–H and O–H groups in total. The predicted molar refractivity (Wildman–Crippen MR) is 104 cm³/mol. The Morgan fingerprint density at radius 3 is 2.65 bits per heavy atom. The van der Waals surface area contributed by atoms with Gasteiger partial charge in [0.15, 0.2) is 5.69 Å². The number of carbonyl (C=O) groups is 1. The van der Waals surface area contributed by atoms with E-state index in [0.29, 0.717) is 18.8 Å². The number of pyridine rings is 1. The van der Waals surface area contributed by atoms with Crippen molar-refractivity contribution in [3.05, 3.63) is 52.7 Å². The number of nitrogens with zero attached hydrogens (tertiary/aromatic N) is 4. The first-order valence-corrected chi connectivity index (χ1v) is 9.51. The summed E-state index contributed by atoms with van der Waals surface area (Å²) in [5, 5.41) is 7.22. The number of thiophene rings is 1. The van der Waals surface area contributed by atoms with E-state index < -0.39 is 0 Å². The number of rotatable bonds is 3. The molecule has 1 fully saturated rings. The Labute approximate surface area is 156 Å². The van der Waals surface area contributed by atoms with Crippen LogP contribution < -0.4 is 4.90 Å². The van der Waals surface area contributed by atoms with E-state index in [1.807, 2.05) is 23.2 Å². The molecule has 0 saturated carbocycles. The zero-order valence-electron chi connectivity index (χ0n) is 14.9. The van der Waals surface area contributed by atoms with Crippen LogP contribution in [0.3, 0.4) is 0 Å². The number of aryl methyl sites for hydroxylation is 2. The summed E-state index contributed by atoms with van der Waals surface area (Å²) >= 11 is 1.69. The molecule has 7 heteroatoms. The molecule has 3 aromatic heterocycles. The first kappa shape index (κ1) is 16.8. The third kappa shape index (κ3) is 3.22. The fraction of sp³-hybridized carbons (Fsp3) is 0.316. The molecule has 0 atom stereocenters. The van der Waals surface area contributed by atoms with Gasteiger partial charge in [0.05, 0.1) is 10.6 Å². The maximum absolute atomic E-state index is 12.8. The van der Waals surface area contributed by atoms with Crippen LogP contribution in [0, 0.1) is 13.8 Å². The molecule has 6 nitrogen and oxygen atoms in total. The lowest BCUT2D eigenvalue weighted by molar-refractivity contribution is 0.0740. The van der Waals surface area contributed by atoms with Crippen molar-refractivity contribution >= 4 is 23.1 Å². The highest BCUT2D eigenvalue weighted by molar-refractivity contribution is 7.15. The van der Waals surface area contributed by atoms with E-state index in [-0.39, 0.29) is 5.91 Å². The van der Waals surface area contributed by atoms with Crippen LogP contribution in [0.5, 0.6) is 0 Å². The average molecular weight is 367 g/mol. The second kappa shape index (κ2) is 6.92. The third-order valence-electron chi connectivity index (χ3n) is 4.65. The van der Waals surface area contributed by atoms with Crippen molar-refractivity contribution in [1.82, 2.24) is 20.1 Å². The fourth-order valence-corrected chi connectivity index (χ4v) is 4.06. The Morgan fingerprint density at radius 1 is 1.15 bits per heavy atom. The standard InChI is InChI=1S/C19H21N5OS/c1-13-4-3-7-20-18(13)23-8-10-24(11-9-23)19(25)16-12-15(21-22-16)17-6-5-14(2)26-17/h3-7,12H,8-11H2,1-2H3,(H,21,22). The van der Waals surface area contributed by atoms with Gasteiger partial charge >= 0.3 is 0 Å². The lowest BCUT2D eigenvalue weighted by Crippen LogP contribution is -2.49. The van der Waals surface area contributed by atoms with Crippen molar-refractivity contribution < 1.29 is 4.79 Å². The van der Waals surface area contributed by atoms with Crippen molar-refractivity contribution in [1.29, 1.82) is 0 Å². The number of H-pyrrole nitrogens is 1. The maximum Gasteiger partial charge on any atom is 0.274 e. The van der Waals surface area contributed by atoms with Gasteiger partial charge in [0.25, 0.3) is 5.91 Å². The summed E-state index contributed by atoms with van der Waals surface area (Å²) in [6.45, 7) is 7.05. The van der Waals surface area contributed by atoms with E-state index in [2.05, 4.69) is 52.1 Å². The highest BCUT2D eigenvalue weighted by Gasteiger charge is 2.25. The van der Waals surface area contributed by atoms with Crippen LogP contribution in [0.25, 0.3) is 10.6 Å². The lowest BCUT2D eigenvalue weighted by Gasteiger charge is -2.35. The summed E-state index contributed by atoms with van der Waals surface area (Å²) in [7, 11) is 0. The molecule has 1 aliphatic rings. The highest BCUT2D eigenvalue weighted by Crippen LogP contribution is 2.27. The largest absolute Gasteiger partial charge is 0.353 e. The molecule has 1 aliphatic heterocycles. The summed E-state index contributed by atoms with van der Waals surface area (Å²) in [4.78, 5) is 23.7. The number of hydrogen-bond acceptors (Lipinski definition) is 5. The minimum atomic E-state index is -0.0156. The molecule has 0 spiro atoms. The number of piperazine rings is 1. The maximum atomic E-state index is 12.8. The molecule has 1 amide bonds. The Hall–Kier alpha value is -2.67. The molecule has 1 saturated heterocycles. The van der Waals surface area contributed by atoms with Crippen molar-refractivity contribution in [3.8, 4) is 10.6 Å². The average Bonchev–Trinajstić information content (AvgIpc) is 3.31. The van der Waals surface area contributed by atoms with Gasteiger partial charge in [0.1, 0.15) is 5.82 Å². The number of aromatic amines is 1. The van der Waals surface area contributed by atoms with Crippen LogP contribution in [0.2, 0.25) is 0 Å². The SMILES string of the molecule is Cc1ccc(-c2cc(C(=O)N3CCN(c4ncccc4C)CC3)n[nH]2)s1. The van der Waals surface area contributed by atoms with E-state index in [9.17, 15) is 4.79 Å². The molecule has 26 heavy (non-hydrogen) atoms. The predicted octanol–water partition coefficient (Wildman–Crippen LogP) is 3.11. The molecular weight excluding hydrogens is 346 g/mol. The summed E-state index contributed by atoms with van der Waals surface area (Å²) < 4.78 is 0. The van der Waals surface area contributed by atoms with E-state index >= 15 is 0 Å². The van der Waals surface area contributed by atoms with E-state index in [4.69, 9.17) is 0 Å². The molecule has 0 radical (unpaired) electrons. The Bertz CT molecular complexity index is 923. The van der Waals surface area contributed by atoms with E-state index in [0.717, 1.165) is 35.0 Å². The summed E-state index contributed by atoms with van der Waals surface area (Å²) in [5.74, 6) is 0.993. The van der Waals surface area contributed by atoms with Gasteiger partial charge in [0.2, 0.25) is 0 Å². The molecule has 0 aliphatic carbocycles. The number of nitrogens with one attached hydrogen (secondary N) is 1. The minimum Gasteiger partial charge on any atom is -0.353 e. The van der Waals surface area contributed by atoms with Crippen molar-refractivity contribution in [2.45, 2.75) is 13.8 Å². The summed E-state index contributed by atoms with van der Waals surface area (Å²) in [6, 6.07) is 9.99. The number of hydrogen-bond donors (Lipinski definition) is 1. The van der Waals surface area contributed by atoms with Gasteiger partial charge in [-0.25, -0.2) is 4.98 Å². The normalized spacial score (nSPS) is 14.7. The Kier molecular flexibility index (Phi) is 4.46. The second-order valence-corrected chi connectivity index (χ2v) is 7.79. The monoisotopic (exact) mass is 367 g/mol. The van der Waals surface area contributed by atoms with Gasteiger partial charge < -0.3 is 9.80 Å². The second-order valence-electron chi connectivity index (χ2n) is 6.50. The van der Waals surface area contributed by atoms with E-state index in [1.165, 1.54) is 4.88 Å². The summed E-state index contributed by atoms with van der Waals surface area (Å²) in [6.07, 6.45) is 1.82. The zero-order valence-corrected chi connectivity index (χ0v) is 15.7. The van der Waals surface area contributed by atoms with Crippen molar-refractivity contribution in [2.24, 2.45) is 0 Å².